The Kier molecular flexibility index (Phi) is 3.98. The summed E-state index contributed by atoms with van der Waals surface area (Å²) in [6.45, 7) is 3.19. The summed E-state index contributed by atoms with van der Waals surface area (Å²) in [5, 5.41) is 11.5. The third-order valence-corrected chi connectivity index (χ3v) is 3.32. The molecule has 1 fully saturated rings. The number of hydrogen-bond acceptors (Lipinski definition) is 5. The van der Waals surface area contributed by atoms with Gasteiger partial charge in [0.25, 0.3) is 0 Å². The molecule has 0 radical (unpaired) electrons. The monoisotopic (exact) mass is 245 g/mol. The first-order chi connectivity index (χ1) is 8.69. The first-order valence-electron chi connectivity index (χ1n) is 6.36. The van der Waals surface area contributed by atoms with Crippen LogP contribution in [0.15, 0.2) is 6.07 Å². The van der Waals surface area contributed by atoms with E-state index in [1.54, 1.807) is 0 Å². The summed E-state index contributed by atoms with van der Waals surface area (Å²) in [5.41, 5.74) is 0. The van der Waals surface area contributed by atoms with E-state index < -0.39 is 0 Å². The molecule has 0 bridgehead atoms. The van der Waals surface area contributed by atoms with E-state index >= 15 is 0 Å². The number of aryl methyl sites for hydroxylation is 1. The maximum absolute atomic E-state index is 8.57. The Balaban J connectivity index is 2.05. The normalized spacial score (nSPS) is 14.7. The Morgan fingerprint density at radius 3 is 2.89 bits per heavy atom. The second-order valence-electron chi connectivity index (χ2n) is 4.85. The molecule has 0 spiro atoms. The number of hydrogen-bond donors (Lipinski definition) is 1. The van der Waals surface area contributed by atoms with Gasteiger partial charge >= 0.3 is 0 Å². The van der Waals surface area contributed by atoms with Crippen LogP contribution in [-0.4, -0.2) is 30.1 Å². The fourth-order valence-corrected chi connectivity index (χ4v) is 2.12. The van der Waals surface area contributed by atoms with Crippen LogP contribution < -0.4 is 10.2 Å². The van der Waals surface area contributed by atoms with Gasteiger partial charge in [0.2, 0.25) is 0 Å². The standard InChI is InChI=1S/C13H19N5/c1-10-16-12(15-7-6-14)8-13(17-10)18(2)9-11-4-3-5-11/h8,11H,3-5,7,9H2,1-2H3,(H,15,16,17). The summed E-state index contributed by atoms with van der Waals surface area (Å²) < 4.78 is 0. The molecule has 1 aromatic rings. The molecular formula is C13H19N5. The van der Waals surface area contributed by atoms with Gasteiger partial charge in [-0.2, -0.15) is 5.26 Å². The predicted molar refractivity (Wildman–Crippen MR) is 71.5 cm³/mol. The van der Waals surface area contributed by atoms with Gasteiger partial charge in [0, 0.05) is 19.7 Å². The lowest BCUT2D eigenvalue weighted by Crippen LogP contribution is -2.30. The van der Waals surface area contributed by atoms with Crippen molar-refractivity contribution in [1.29, 1.82) is 5.26 Å². The highest BCUT2D eigenvalue weighted by molar-refractivity contribution is 5.49. The van der Waals surface area contributed by atoms with E-state index in [4.69, 9.17) is 5.26 Å². The molecule has 0 saturated heterocycles. The second-order valence-corrected chi connectivity index (χ2v) is 4.85. The van der Waals surface area contributed by atoms with Crippen LogP contribution in [0.2, 0.25) is 0 Å². The van der Waals surface area contributed by atoms with Crippen molar-refractivity contribution in [3.8, 4) is 6.07 Å². The molecule has 1 aliphatic rings. The molecule has 1 aliphatic carbocycles. The summed E-state index contributed by atoms with van der Waals surface area (Å²) in [4.78, 5) is 10.9. The lowest BCUT2D eigenvalue weighted by Gasteiger charge is -2.30. The second kappa shape index (κ2) is 5.67. The van der Waals surface area contributed by atoms with E-state index in [1.807, 2.05) is 19.1 Å². The van der Waals surface area contributed by atoms with Crippen LogP contribution in [-0.2, 0) is 0 Å². The molecule has 0 unspecified atom stereocenters. The lowest BCUT2D eigenvalue weighted by molar-refractivity contribution is 0.321. The van der Waals surface area contributed by atoms with Crippen molar-refractivity contribution >= 4 is 11.6 Å². The fraction of sp³-hybridized carbons (Fsp3) is 0.615. The van der Waals surface area contributed by atoms with Crippen LogP contribution in [0, 0.1) is 24.2 Å². The summed E-state index contributed by atoms with van der Waals surface area (Å²) in [5.74, 6) is 3.18. The molecule has 1 saturated carbocycles. The Hall–Kier alpha value is -1.83. The number of nitrogens with zero attached hydrogens (tertiary/aromatic N) is 4. The number of nitriles is 1. The Labute approximate surface area is 108 Å². The van der Waals surface area contributed by atoms with Crippen molar-refractivity contribution in [2.45, 2.75) is 26.2 Å². The van der Waals surface area contributed by atoms with Gasteiger partial charge in [-0.25, -0.2) is 9.97 Å². The Morgan fingerprint density at radius 1 is 1.50 bits per heavy atom. The highest BCUT2D eigenvalue weighted by atomic mass is 15.2. The van der Waals surface area contributed by atoms with E-state index in [0.717, 1.165) is 29.9 Å². The zero-order valence-corrected chi connectivity index (χ0v) is 11.0. The molecule has 0 amide bonds. The molecule has 1 N–H and O–H groups in total. The average molecular weight is 245 g/mol. The van der Waals surface area contributed by atoms with Gasteiger partial charge in [-0.15, -0.1) is 0 Å². The minimum Gasteiger partial charge on any atom is -0.359 e. The van der Waals surface area contributed by atoms with Crippen LogP contribution in [0.5, 0.6) is 0 Å². The molecule has 0 aromatic carbocycles. The largest absolute Gasteiger partial charge is 0.359 e. The predicted octanol–water partition coefficient (Wildman–Crippen LogP) is 1.96. The van der Waals surface area contributed by atoms with Crippen molar-refractivity contribution in [1.82, 2.24) is 9.97 Å². The quantitative estimate of drug-likeness (QED) is 0.803. The summed E-state index contributed by atoms with van der Waals surface area (Å²) in [6, 6.07) is 3.96. The maximum Gasteiger partial charge on any atom is 0.134 e. The molecule has 1 heterocycles. The third kappa shape index (κ3) is 3.10. The van der Waals surface area contributed by atoms with Crippen LogP contribution in [0.3, 0.4) is 0 Å². The van der Waals surface area contributed by atoms with Crippen molar-refractivity contribution in [3.63, 3.8) is 0 Å². The van der Waals surface area contributed by atoms with E-state index in [1.165, 1.54) is 19.3 Å². The van der Waals surface area contributed by atoms with E-state index in [-0.39, 0.29) is 6.54 Å². The van der Waals surface area contributed by atoms with Gasteiger partial charge in [0.1, 0.15) is 24.0 Å². The van der Waals surface area contributed by atoms with Gasteiger partial charge in [-0.05, 0) is 25.7 Å². The SMILES string of the molecule is Cc1nc(NCC#N)cc(N(C)CC2CCC2)n1. The minimum absolute atomic E-state index is 0.266. The van der Waals surface area contributed by atoms with Gasteiger partial charge in [-0.3, -0.25) is 0 Å². The molecule has 0 aliphatic heterocycles. The van der Waals surface area contributed by atoms with E-state index in [0.29, 0.717) is 0 Å². The molecule has 96 valence electrons. The fourth-order valence-electron chi connectivity index (χ4n) is 2.12. The van der Waals surface area contributed by atoms with E-state index in [9.17, 15) is 0 Å². The number of nitrogens with one attached hydrogen (secondary N) is 1. The average Bonchev–Trinajstić information content (AvgIpc) is 2.30. The lowest BCUT2D eigenvalue weighted by atomic mass is 9.85. The first-order valence-corrected chi connectivity index (χ1v) is 6.36. The van der Waals surface area contributed by atoms with Crippen molar-refractivity contribution in [2.75, 3.05) is 30.4 Å². The van der Waals surface area contributed by atoms with Crippen molar-refractivity contribution in [3.05, 3.63) is 11.9 Å². The van der Waals surface area contributed by atoms with Gasteiger partial charge in [0.05, 0.1) is 6.07 Å². The smallest absolute Gasteiger partial charge is 0.134 e. The highest BCUT2D eigenvalue weighted by Gasteiger charge is 2.20. The molecule has 0 atom stereocenters. The Bertz CT molecular complexity index is 447. The molecule has 2 rings (SSSR count). The van der Waals surface area contributed by atoms with Crippen LogP contribution in [0.4, 0.5) is 11.6 Å². The zero-order chi connectivity index (χ0) is 13.0. The number of aromatic nitrogens is 2. The Morgan fingerprint density at radius 2 is 2.28 bits per heavy atom. The minimum atomic E-state index is 0.266. The number of rotatable bonds is 5. The van der Waals surface area contributed by atoms with Crippen molar-refractivity contribution < 1.29 is 0 Å². The van der Waals surface area contributed by atoms with Gasteiger partial charge < -0.3 is 10.2 Å². The topological polar surface area (TPSA) is 64.8 Å². The number of anilines is 2. The maximum atomic E-state index is 8.57. The summed E-state index contributed by atoms with van der Waals surface area (Å²) in [7, 11) is 2.06. The molecule has 1 aromatic heterocycles. The summed E-state index contributed by atoms with van der Waals surface area (Å²) in [6.07, 6.45) is 4.01. The summed E-state index contributed by atoms with van der Waals surface area (Å²) >= 11 is 0. The van der Waals surface area contributed by atoms with E-state index in [2.05, 4.69) is 27.2 Å². The zero-order valence-electron chi connectivity index (χ0n) is 11.0. The van der Waals surface area contributed by atoms with Crippen LogP contribution >= 0.6 is 0 Å². The molecule has 18 heavy (non-hydrogen) atoms. The molecule has 5 heteroatoms. The van der Waals surface area contributed by atoms with Crippen LogP contribution in [0.1, 0.15) is 25.1 Å². The molecule has 5 nitrogen and oxygen atoms in total. The third-order valence-electron chi connectivity index (χ3n) is 3.32. The van der Waals surface area contributed by atoms with Crippen LogP contribution in [0.25, 0.3) is 0 Å². The van der Waals surface area contributed by atoms with Crippen molar-refractivity contribution in [2.24, 2.45) is 5.92 Å². The van der Waals surface area contributed by atoms with Gasteiger partial charge in [-0.1, -0.05) is 6.42 Å². The highest BCUT2D eigenvalue weighted by Crippen LogP contribution is 2.28. The molecular weight excluding hydrogens is 226 g/mol. The van der Waals surface area contributed by atoms with Gasteiger partial charge in [0.15, 0.2) is 0 Å². The first kappa shape index (κ1) is 12.6.